The van der Waals surface area contributed by atoms with Gasteiger partial charge in [0.2, 0.25) is 0 Å². The van der Waals surface area contributed by atoms with Crippen molar-refractivity contribution < 1.29 is 4.92 Å². The topological polar surface area (TPSA) is 71.8 Å². The number of halogens is 1. The van der Waals surface area contributed by atoms with Gasteiger partial charge in [0.1, 0.15) is 14.6 Å². The van der Waals surface area contributed by atoms with Gasteiger partial charge < -0.3 is 0 Å². The van der Waals surface area contributed by atoms with E-state index in [1.807, 2.05) is 35.6 Å². The van der Waals surface area contributed by atoms with E-state index in [0.29, 0.717) is 14.6 Å². The zero-order valence-corrected chi connectivity index (χ0v) is 9.40. The van der Waals surface area contributed by atoms with Crippen molar-refractivity contribution in [3.05, 3.63) is 31.5 Å². The molecular weight excluding hydrogens is 297 g/mol. The van der Waals surface area contributed by atoms with Crippen molar-refractivity contribution >= 4 is 39.2 Å². The Morgan fingerprint density at radius 1 is 1.57 bits per heavy atom. The molecule has 0 aliphatic heterocycles. The second-order valence-corrected chi connectivity index (χ2v) is 4.05. The van der Waals surface area contributed by atoms with Crippen molar-refractivity contribution in [1.82, 2.24) is 10.2 Å². The van der Waals surface area contributed by atoms with Crippen molar-refractivity contribution in [3.8, 4) is 0 Å². The van der Waals surface area contributed by atoms with E-state index >= 15 is 0 Å². The molecule has 6 heteroatoms. The third-order valence-corrected chi connectivity index (χ3v) is 2.71. The van der Waals surface area contributed by atoms with Crippen molar-refractivity contribution in [3.63, 3.8) is 0 Å². The standard InChI is InChI=1S/C8H6IN3O2/c1-4-2-5-7(8(9)11-10-5)6(3-4)12(13)14/h2-3H,1H3,(H,10,11). The van der Waals surface area contributed by atoms with Crippen molar-refractivity contribution in [2.45, 2.75) is 6.92 Å². The van der Waals surface area contributed by atoms with Gasteiger partial charge in [-0.05, 0) is 41.1 Å². The van der Waals surface area contributed by atoms with E-state index in [2.05, 4.69) is 10.2 Å². The number of nitrogens with zero attached hydrogens (tertiary/aromatic N) is 2. The molecule has 0 amide bonds. The van der Waals surface area contributed by atoms with E-state index in [0.717, 1.165) is 5.56 Å². The largest absolute Gasteiger partial charge is 0.281 e. The van der Waals surface area contributed by atoms with Crippen LogP contribution in [0.1, 0.15) is 5.56 Å². The van der Waals surface area contributed by atoms with Crippen LogP contribution in [0.25, 0.3) is 10.9 Å². The molecule has 1 aromatic heterocycles. The molecule has 1 aromatic carbocycles. The molecule has 0 bridgehead atoms. The van der Waals surface area contributed by atoms with Gasteiger partial charge in [-0.2, -0.15) is 5.10 Å². The van der Waals surface area contributed by atoms with Gasteiger partial charge >= 0.3 is 0 Å². The van der Waals surface area contributed by atoms with Gasteiger partial charge in [0, 0.05) is 6.07 Å². The van der Waals surface area contributed by atoms with Crippen LogP contribution in [0.3, 0.4) is 0 Å². The van der Waals surface area contributed by atoms with Crippen molar-refractivity contribution in [1.29, 1.82) is 0 Å². The fraction of sp³-hybridized carbons (Fsp3) is 0.125. The van der Waals surface area contributed by atoms with Crippen LogP contribution in [-0.4, -0.2) is 15.1 Å². The first-order valence-electron chi connectivity index (χ1n) is 3.88. The molecule has 0 atom stereocenters. The Bertz CT molecular complexity index is 521. The molecule has 72 valence electrons. The minimum atomic E-state index is -0.382. The summed E-state index contributed by atoms with van der Waals surface area (Å²) in [6, 6.07) is 3.38. The highest BCUT2D eigenvalue weighted by molar-refractivity contribution is 14.1. The number of H-pyrrole nitrogens is 1. The molecule has 0 fully saturated rings. The fourth-order valence-corrected chi connectivity index (χ4v) is 2.04. The van der Waals surface area contributed by atoms with Crippen LogP contribution in [0.15, 0.2) is 12.1 Å². The molecule has 2 aromatic rings. The summed E-state index contributed by atoms with van der Waals surface area (Å²) in [7, 11) is 0. The number of aromatic amines is 1. The molecule has 0 aliphatic rings. The van der Waals surface area contributed by atoms with Gasteiger partial charge in [0.25, 0.3) is 5.69 Å². The first kappa shape index (κ1) is 9.38. The second kappa shape index (κ2) is 3.19. The van der Waals surface area contributed by atoms with Crippen molar-refractivity contribution in [2.75, 3.05) is 0 Å². The summed E-state index contributed by atoms with van der Waals surface area (Å²) in [4.78, 5) is 10.4. The molecule has 14 heavy (non-hydrogen) atoms. The summed E-state index contributed by atoms with van der Waals surface area (Å²) in [5.74, 6) is 0. The smallest absolute Gasteiger partial charge is 0.271 e. The molecule has 1 heterocycles. The lowest BCUT2D eigenvalue weighted by molar-refractivity contribution is -0.383. The normalized spacial score (nSPS) is 10.7. The van der Waals surface area contributed by atoms with Crippen LogP contribution in [0, 0.1) is 20.7 Å². The average Bonchev–Trinajstić information content (AvgIpc) is 2.46. The summed E-state index contributed by atoms with van der Waals surface area (Å²) in [6.45, 7) is 1.81. The van der Waals surface area contributed by atoms with Gasteiger partial charge in [0.05, 0.1) is 4.92 Å². The lowest BCUT2D eigenvalue weighted by Gasteiger charge is -1.95. The number of non-ortho nitro benzene ring substituents is 1. The molecule has 2 rings (SSSR count). The van der Waals surface area contributed by atoms with Crippen LogP contribution >= 0.6 is 22.6 Å². The number of hydrogen-bond donors (Lipinski definition) is 1. The number of fused-ring (bicyclic) bond motifs is 1. The first-order chi connectivity index (χ1) is 6.59. The van der Waals surface area contributed by atoms with Crippen LogP contribution in [-0.2, 0) is 0 Å². The van der Waals surface area contributed by atoms with Crippen molar-refractivity contribution in [2.24, 2.45) is 0 Å². The van der Waals surface area contributed by atoms with Gasteiger partial charge in [-0.3, -0.25) is 15.2 Å². The Morgan fingerprint density at radius 2 is 2.29 bits per heavy atom. The maximum atomic E-state index is 10.8. The molecule has 0 aliphatic carbocycles. The maximum Gasteiger partial charge on any atom is 0.281 e. The van der Waals surface area contributed by atoms with E-state index in [-0.39, 0.29) is 10.6 Å². The summed E-state index contributed by atoms with van der Waals surface area (Å²) in [5.41, 5.74) is 1.59. The van der Waals surface area contributed by atoms with Crippen LogP contribution < -0.4 is 0 Å². The zero-order valence-electron chi connectivity index (χ0n) is 7.24. The number of hydrogen-bond acceptors (Lipinski definition) is 3. The monoisotopic (exact) mass is 303 g/mol. The number of nitro groups is 1. The molecule has 0 spiro atoms. The Kier molecular flexibility index (Phi) is 2.14. The van der Waals surface area contributed by atoms with Crippen LogP contribution in [0.2, 0.25) is 0 Å². The number of nitro benzene ring substituents is 1. The Morgan fingerprint density at radius 3 is 2.93 bits per heavy atom. The molecule has 0 saturated heterocycles. The molecular formula is C8H6IN3O2. The highest BCUT2D eigenvalue weighted by atomic mass is 127. The average molecular weight is 303 g/mol. The van der Waals surface area contributed by atoms with E-state index < -0.39 is 0 Å². The second-order valence-electron chi connectivity index (χ2n) is 2.97. The van der Waals surface area contributed by atoms with Gasteiger partial charge in [-0.15, -0.1) is 0 Å². The van der Waals surface area contributed by atoms with E-state index in [4.69, 9.17) is 0 Å². The van der Waals surface area contributed by atoms with Crippen LogP contribution in [0.5, 0.6) is 0 Å². The number of aryl methyl sites for hydroxylation is 1. The quantitative estimate of drug-likeness (QED) is 0.499. The van der Waals surface area contributed by atoms with E-state index in [1.165, 1.54) is 0 Å². The summed E-state index contributed by atoms with van der Waals surface area (Å²) in [5, 5.41) is 18.1. The predicted octanol–water partition coefficient (Wildman–Crippen LogP) is 2.38. The minimum absolute atomic E-state index is 0.109. The SMILES string of the molecule is Cc1cc([N+](=O)[O-])c2c(I)[nH]nc2c1. The van der Waals surface area contributed by atoms with E-state index in [9.17, 15) is 10.1 Å². The van der Waals surface area contributed by atoms with Gasteiger partial charge in [0.15, 0.2) is 0 Å². The number of benzene rings is 1. The molecule has 5 nitrogen and oxygen atoms in total. The van der Waals surface area contributed by atoms with E-state index in [1.54, 1.807) is 6.07 Å². The highest BCUT2D eigenvalue weighted by Crippen LogP contribution is 2.29. The summed E-state index contributed by atoms with van der Waals surface area (Å²) < 4.78 is 0.698. The molecule has 0 radical (unpaired) electrons. The minimum Gasteiger partial charge on any atom is -0.271 e. The predicted molar refractivity (Wildman–Crippen MR) is 60.2 cm³/mol. The van der Waals surface area contributed by atoms with Gasteiger partial charge in [-0.25, -0.2) is 0 Å². The molecule has 0 unspecified atom stereocenters. The highest BCUT2D eigenvalue weighted by Gasteiger charge is 2.17. The molecule has 1 N–H and O–H groups in total. The Hall–Kier alpha value is -1.18. The Labute approximate surface area is 92.8 Å². The lowest BCUT2D eigenvalue weighted by atomic mass is 10.1. The Balaban J connectivity index is 2.90. The maximum absolute atomic E-state index is 10.8. The van der Waals surface area contributed by atoms with Gasteiger partial charge in [-0.1, -0.05) is 0 Å². The lowest BCUT2D eigenvalue weighted by Crippen LogP contribution is -1.90. The van der Waals surface area contributed by atoms with Crippen LogP contribution in [0.4, 0.5) is 5.69 Å². The summed E-state index contributed by atoms with van der Waals surface area (Å²) >= 11 is 2.00. The third kappa shape index (κ3) is 1.35. The third-order valence-electron chi connectivity index (χ3n) is 1.93. The summed E-state index contributed by atoms with van der Waals surface area (Å²) in [6.07, 6.45) is 0. The molecule has 0 saturated carbocycles. The first-order valence-corrected chi connectivity index (χ1v) is 4.96. The zero-order chi connectivity index (χ0) is 10.3. The number of nitrogens with one attached hydrogen (secondary N) is 1. The number of rotatable bonds is 1. The fourth-order valence-electron chi connectivity index (χ4n) is 1.37. The number of aromatic nitrogens is 2.